The average Bonchev–Trinajstić information content (AvgIpc) is 3.05. The molecule has 2 aliphatic heterocycles. The first-order chi connectivity index (χ1) is 15.0. The summed E-state index contributed by atoms with van der Waals surface area (Å²) in [6.45, 7) is 1.75. The second kappa shape index (κ2) is 6.98. The van der Waals surface area contributed by atoms with E-state index >= 15 is 0 Å². The number of halogens is 1. The smallest absolute Gasteiger partial charge is 0.238 e. The molecule has 0 unspecified atom stereocenters. The summed E-state index contributed by atoms with van der Waals surface area (Å²) < 4.78 is 18.0. The van der Waals surface area contributed by atoms with Crippen LogP contribution in [0.1, 0.15) is 43.8 Å². The average molecular weight is 463 g/mol. The van der Waals surface area contributed by atoms with Crippen LogP contribution in [0.15, 0.2) is 17.3 Å². The molecule has 2 aliphatic carbocycles. The molecule has 9 nitrogen and oxygen atoms in total. The molecule has 164 valence electrons. The van der Waals surface area contributed by atoms with Gasteiger partial charge in [-0.2, -0.15) is 9.97 Å². The summed E-state index contributed by atoms with van der Waals surface area (Å²) in [5.41, 5.74) is -0.143. The molecule has 0 bridgehead atoms. The Balaban J connectivity index is 1.18. The van der Waals surface area contributed by atoms with Gasteiger partial charge in [-0.05, 0) is 32.1 Å². The zero-order chi connectivity index (χ0) is 21.2. The normalized spacial score (nSPS) is 25.2. The Labute approximate surface area is 187 Å². The maximum Gasteiger partial charge on any atom is 0.238 e. The number of anilines is 2. The Kier molecular flexibility index (Phi) is 4.42. The van der Waals surface area contributed by atoms with Gasteiger partial charge in [0, 0.05) is 36.8 Å². The second-order valence-corrected chi connectivity index (χ2v) is 11.0. The molecule has 6 rings (SSSR count). The van der Waals surface area contributed by atoms with Gasteiger partial charge in [0.05, 0.1) is 17.2 Å². The van der Waals surface area contributed by atoms with Crippen LogP contribution in [0.3, 0.4) is 0 Å². The third kappa shape index (κ3) is 3.18. The Hall–Kier alpha value is -2.04. The summed E-state index contributed by atoms with van der Waals surface area (Å²) in [7, 11) is -1.30. The first kappa shape index (κ1) is 19.6. The van der Waals surface area contributed by atoms with Crippen LogP contribution < -0.4 is 15.0 Å². The molecule has 4 aliphatic rings. The summed E-state index contributed by atoms with van der Waals surface area (Å²) in [6, 6.07) is 0. The van der Waals surface area contributed by atoms with Crippen molar-refractivity contribution in [2.75, 3.05) is 35.9 Å². The predicted molar refractivity (Wildman–Crippen MR) is 115 cm³/mol. The fourth-order valence-corrected chi connectivity index (χ4v) is 6.20. The van der Waals surface area contributed by atoms with Crippen molar-refractivity contribution in [2.24, 2.45) is 5.41 Å². The third-order valence-corrected chi connectivity index (χ3v) is 8.40. The minimum absolute atomic E-state index is 0.0234. The highest BCUT2D eigenvalue weighted by Gasteiger charge is 2.54. The van der Waals surface area contributed by atoms with Gasteiger partial charge in [0.2, 0.25) is 11.8 Å². The number of fused-ring (bicyclic) bond motifs is 1. The number of nitrogens with one attached hydrogen (secondary N) is 1. The van der Waals surface area contributed by atoms with E-state index in [1.807, 2.05) is 0 Å². The molecule has 0 amide bonds. The van der Waals surface area contributed by atoms with Crippen LogP contribution in [0.25, 0.3) is 0 Å². The number of hydrogen-bond acceptors (Lipinski definition) is 9. The van der Waals surface area contributed by atoms with E-state index in [0.717, 1.165) is 51.0 Å². The van der Waals surface area contributed by atoms with Gasteiger partial charge >= 0.3 is 0 Å². The molecule has 2 N–H and O–H groups in total. The first-order valence-electron chi connectivity index (χ1n) is 10.5. The van der Waals surface area contributed by atoms with Crippen LogP contribution in [0, 0.1) is 5.41 Å². The number of ether oxygens (including phenoxy) is 1. The molecule has 2 aromatic heterocycles. The van der Waals surface area contributed by atoms with Crippen molar-refractivity contribution in [3.05, 3.63) is 23.2 Å². The lowest BCUT2D eigenvalue weighted by atomic mass is 9.57. The number of aliphatic hydroxyl groups is 1. The van der Waals surface area contributed by atoms with Crippen LogP contribution in [0.5, 0.6) is 5.88 Å². The SMILES string of the molecule is O=[S@]1COc2nc(N3CC4(CC(c5ncc(Cl)cn5)C4)C3)nc(NC3(CO)CCC3)c21. The van der Waals surface area contributed by atoms with E-state index in [9.17, 15) is 9.32 Å². The first-order valence-corrected chi connectivity index (χ1v) is 12.2. The van der Waals surface area contributed by atoms with Gasteiger partial charge in [0.1, 0.15) is 21.5 Å². The summed E-state index contributed by atoms with van der Waals surface area (Å²) in [6.07, 6.45) is 8.17. The number of aromatic nitrogens is 4. The van der Waals surface area contributed by atoms with Gasteiger partial charge in [-0.3, -0.25) is 4.21 Å². The zero-order valence-electron chi connectivity index (χ0n) is 16.9. The molecular formula is C20H23ClN6O3S. The van der Waals surface area contributed by atoms with Gasteiger partial charge in [-0.25, -0.2) is 9.97 Å². The van der Waals surface area contributed by atoms with E-state index < -0.39 is 10.8 Å². The highest BCUT2D eigenvalue weighted by molar-refractivity contribution is 7.85. The topological polar surface area (TPSA) is 113 Å². The highest BCUT2D eigenvalue weighted by Crippen LogP contribution is 2.56. The van der Waals surface area contributed by atoms with Crippen LogP contribution in [0.2, 0.25) is 5.02 Å². The Morgan fingerprint density at radius 1 is 1.26 bits per heavy atom. The van der Waals surface area contributed by atoms with Crippen LogP contribution in [-0.2, 0) is 10.8 Å². The van der Waals surface area contributed by atoms with Gasteiger partial charge in [-0.15, -0.1) is 0 Å². The van der Waals surface area contributed by atoms with Gasteiger partial charge in [0.15, 0.2) is 11.8 Å². The van der Waals surface area contributed by atoms with E-state index in [-0.39, 0.29) is 23.5 Å². The highest BCUT2D eigenvalue weighted by atomic mass is 35.5. The van der Waals surface area contributed by atoms with Gasteiger partial charge < -0.3 is 20.1 Å². The molecule has 0 radical (unpaired) electrons. The molecule has 11 heteroatoms. The summed E-state index contributed by atoms with van der Waals surface area (Å²) >= 11 is 5.89. The maximum atomic E-state index is 12.5. The lowest BCUT2D eigenvalue weighted by Gasteiger charge is -2.58. The summed E-state index contributed by atoms with van der Waals surface area (Å²) in [5.74, 6) is 2.84. The molecule has 2 saturated carbocycles. The molecule has 4 heterocycles. The minimum atomic E-state index is -1.30. The number of rotatable bonds is 5. The largest absolute Gasteiger partial charge is 0.463 e. The molecule has 1 atom stereocenters. The minimum Gasteiger partial charge on any atom is -0.463 e. The maximum absolute atomic E-state index is 12.5. The van der Waals surface area contributed by atoms with E-state index in [1.54, 1.807) is 12.4 Å². The van der Waals surface area contributed by atoms with Gasteiger partial charge in [-0.1, -0.05) is 11.6 Å². The molecule has 2 aromatic rings. The van der Waals surface area contributed by atoms with Gasteiger partial charge in [0.25, 0.3) is 0 Å². The van der Waals surface area contributed by atoms with Crippen molar-refractivity contribution >= 4 is 34.2 Å². The third-order valence-electron chi connectivity index (χ3n) is 7.05. The Bertz CT molecular complexity index is 1040. The lowest BCUT2D eigenvalue weighted by Crippen LogP contribution is -2.62. The standard InChI is InChI=1S/C20H23ClN6O3S/c21-13-6-22-15(23-7-13)12-4-19(5-12)8-27(9-19)18-24-16(26-20(10-28)2-1-3-20)14-17(25-18)30-11-31(14)29/h6-7,12,28H,1-5,8-11H2,(H,24,25,26)/t31-/m0/s1. The van der Waals surface area contributed by atoms with Crippen LogP contribution >= 0.6 is 11.6 Å². The summed E-state index contributed by atoms with van der Waals surface area (Å²) in [4.78, 5) is 20.7. The van der Waals surface area contributed by atoms with Crippen molar-refractivity contribution in [1.82, 2.24) is 19.9 Å². The van der Waals surface area contributed by atoms with Crippen molar-refractivity contribution < 1.29 is 14.1 Å². The van der Waals surface area contributed by atoms with Crippen molar-refractivity contribution in [2.45, 2.75) is 48.5 Å². The quantitative estimate of drug-likeness (QED) is 0.689. The number of aliphatic hydroxyl groups excluding tert-OH is 1. The molecule has 1 spiro atoms. The van der Waals surface area contributed by atoms with Crippen molar-refractivity contribution in [3.63, 3.8) is 0 Å². The van der Waals surface area contributed by atoms with Crippen LogP contribution in [-0.4, -0.2) is 60.4 Å². The van der Waals surface area contributed by atoms with E-state index in [2.05, 4.69) is 25.2 Å². The van der Waals surface area contributed by atoms with E-state index in [1.165, 1.54) is 0 Å². The molecule has 1 saturated heterocycles. The Morgan fingerprint density at radius 3 is 2.65 bits per heavy atom. The predicted octanol–water partition coefficient (Wildman–Crippen LogP) is 2.09. The fraction of sp³-hybridized carbons (Fsp3) is 0.600. The molecular weight excluding hydrogens is 440 g/mol. The second-order valence-electron chi connectivity index (χ2n) is 9.25. The summed E-state index contributed by atoms with van der Waals surface area (Å²) in [5, 5.41) is 13.8. The van der Waals surface area contributed by atoms with Crippen LogP contribution in [0.4, 0.5) is 11.8 Å². The lowest BCUT2D eigenvalue weighted by molar-refractivity contribution is 0.0581. The van der Waals surface area contributed by atoms with E-state index in [4.69, 9.17) is 21.3 Å². The monoisotopic (exact) mass is 462 g/mol. The molecule has 3 fully saturated rings. The fourth-order valence-electron chi connectivity index (χ4n) is 5.16. The van der Waals surface area contributed by atoms with Crippen molar-refractivity contribution in [3.8, 4) is 5.88 Å². The number of nitrogens with zero attached hydrogens (tertiary/aromatic N) is 5. The van der Waals surface area contributed by atoms with E-state index in [0.29, 0.717) is 33.5 Å². The Morgan fingerprint density at radius 2 is 2.00 bits per heavy atom. The molecule has 0 aromatic carbocycles. The molecule has 31 heavy (non-hydrogen) atoms. The van der Waals surface area contributed by atoms with Crippen molar-refractivity contribution in [1.29, 1.82) is 0 Å². The number of hydrogen-bond donors (Lipinski definition) is 2. The zero-order valence-corrected chi connectivity index (χ0v) is 18.5.